The summed E-state index contributed by atoms with van der Waals surface area (Å²) in [5, 5.41) is 13.0. The van der Waals surface area contributed by atoms with E-state index in [0.717, 1.165) is 11.3 Å². The normalized spacial score (nSPS) is 25.6. The summed E-state index contributed by atoms with van der Waals surface area (Å²) in [6, 6.07) is 9.61. The molecular formula is C16H20N2O2. The number of nitrogens with two attached hydrogens (primary N) is 1. The largest absolute Gasteiger partial charge is 0.481 e. The van der Waals surface area contributed by atoms with Gasteiger partial charge in [0.2, 0.25) is 0 Å². The molecule has 4 N–H and O–H groups in total. The Kier molecular flexibility index (Phi) is 3.84. The Morgan fingerprint density at radius 1 is 1.40 bits per heavy atom. The van der Waals surface area contributed by atoms with Crippen LogP contribution in [0.2, 0.25) is 0 Å². The molecule has 1 aromatic rings. The lowest BCUT2D eigenvalue weighted by Crippen LogP contribution is -2.45. The third-order valence-corrected chi connectivity index (χ3v) is 4.03. The summed E-state index contributed by atoms with van der Waals surface area (Å²) in [4.78, 5) is 11.9. The summed E-state index contributed by atoms with van der Waals surface area (Å²) >= 11 is 0. The van der Waals surface area contributed by atoms with Gasteiger partial charge in [-0.25, -0.2) is 0 Å². The van der Waals surface area contributed by atoms with E-state index in [0.29, 0.717) is 12.2 Å². The molecule has 0 amide bonds. The van der Waals surface area contributed by atoms with Gasteiger partial charge in [0.25, 0.3) is 0 Å². The summed E-state index contributed by atoms with van der Waals surface area (Å²) in [7, 11) is 0. The molecule has 2 rings (SSSR count). The fraction of sp³-hybridized carbons (Fsp3) is 0.312. The molecule has 20 heavy (non-hydrogen) atoms. The Bertz CT molecular complexity index is 563. The second-order valence-corrected chi connectivity index (χ2v) is 5.28. The highest BCUT2D eigenvalue weighted by atomic mass is 16.4. The molecular weight excluding hydrogens is 252 g/mol. The van der Waals surface area contributed by atoms with Crippen LogP contribution in [0.5, 0.6) is 0 Å². The predicted octanol–water partition coefficient (Wildman–Crippen LogP) is 2.61. The lowest BCUT2D eigenvalue weighted by molar-refractivity contribution is -0.147. The number of benzene rings is 1. The van der Waals surface area contributed by atoms with Gasteiger partial charge in [-0.1, -0.05) is 36.8 Å². The zero-order valence-electron chi connectivity index (χ0n) is 11.8. The molecule has 0 saturated heterocycles. The van der Waals surface area contributed by atoms with Gasteiger partial charge in [0.15, 0.2) is 0 Å². The standard InChI is InChI=1S/C16H20N2O2/c1-11-8-13(17)9-12(2)16(11,15(19)20)10-18-14-6-4-3-5-7-14/h3-9,11,18H,10,17H2,1-2H3,(H,19,20). The minimum Gasteiger partial charge on any atom is -0.481 e. The third kappa shape index (κ3) is 2.41. The van der Waals surface area contributed by atoms with Crippen molar-refractivity contribution in [2.24, 2.45) is 17.1 Å². The lowest BCUT2D eigenvalue weighted by atomic mass is 9.68. The second-order valence-electron chi connectivity index (χ2n) is 5.28. The van der Waals surface area contributed by atoms with Crippen LogP contribution < -0.4 is 11.1 Å². The summed E-state index contributed by atoms with van der Waals surface area (Å²) < 4.78 is 0. The molecule has 2 unspecified atom stereocenters. The Balaban J connectivity index is 2.28. The van der Waals surface area contributed by atoms with Gasteiger partial charge < -0.3 is 16.2 Å². The van der Waals surface area contributed by atoms with Gasteiger partial charge in [0.05, 0.1) is 0 Å². The van der Waals surface area contributed by atoms with Crippen LogP contribution in [0.4, 0.5) is 5.69 Å². The van der Waals surface area contributed by atoms with Crippen LogP contribution in [0, 0.1) is 11.3 Å². The van der Waals surface area contributed by atoms with Gasteiger partial charge in [0, 0.05) is 17.9 Å². The minimum atomic E-state index is -0.960. The number of para-hydroxylation sites is 1. The lowest BCUT2D eigenvalue weighted by Gasteiger charge is -2.37. The van der Waals surface area contributed by atoms with Gasteiger partial charge in [-0.2, -0.15) is 0 Å². The number of aliphatic carboxylic acids is 1. The van der Waals surface area contributed by atoms with Crippen LogP contribution in [-0.4, -0.2) is 17.6 Å². The molecule has 106 valence electrons. The number of carbonyl (C=O) groups is 1. The van der Waals surface area contributed by atoms with Gasteiger partial charge in [-0.05, 0) is 31.1 Å². The van der Waals surface area contributed by atoms with Crippen LogP contribution >= 0.6 is 0 Å². The van der Waals surface area contributed by atoms with Crippen molar-refractivity contribution in [1.29, 1.82) is 0 Å². The van der Waals surface area contributed by atoms with Crippen molar-refractivity contribution in [2.75, 3.05) is 11.9 Å². The van der Waals surface area contributed by atoms with Crippen molar-refractivity contribution in [3.8, 4) is 0 Å². The number of hydrogen-bond acceptors (Lipinski definition) is 3. The van der Waals surface area contributed by atoms with Crippen molar-refractivity contribution < 1.29 is 9.90 Å². The van der Waals surface area contributed by atoms with Crippen LogP contribution in [0.3, 0.4) is 0 Å². The molecule has 4 nitrogen and oxygen atoms in total. The van der Waals surface area contributed by atoms with E-state index < -0.39 is 11.4 Å². The van der Waals surface area contributed by atoms with E-state index in [-0.39, 0.29) is 5.92 Å². The Labute approximate surface area is 119 Å². The maximum absolute atomic E-state index is 11.9. The first kappa shape index (κ1) is 14.2. The first-order valence-corrected chi connectivity index (χ1v) is 6.65. The Morgan fingerprint density at radius 3 is 2.60 bits per heavy atom. The topological polar surface area (TPSA) is 75.3 Å². The molecule has 0 heterocycles. The van der Waals surface area contributed by atoms with Gasteiger partial charge >= 0.3 is 5.97 Å². The van der Waals surface area contributed by atoms with Crippen LogP contribution in [0.1, 0.15) is 13.8 Å². The maximum atomic E-state index is 11.9. The van der Waals surface area contributed by atoms with Crippen molar-refractivity contribution in [1.82, 2.24) is 0 Å². The smallest absolute Gasteiger partial charge is 0.316 e. The highest BCUT2D eigenvalue weighted by Gasteiger charge is 2.46. The van der Waals surface area contributed by atoms with E-state index >= 15 is 0 Å². The first-order chi connectivity index (χ1) is 9.46. The molecule has 0 fully saturated rings. The maximum Gasteiger partial charge on any atom is 0.316 e. The number of allylic oxidation sites excluding steroid dienone is 2. The van der Waals surface area contributed by atoms with Crippen LogP contribution in [0.25, 0.3) is 0 Å². The van der Waals surface area contributed by atoms with Crippen molar-refractivity contribution >= 4 is 11.7 Å². The molecule has 0 radical (unpaired) electrons. The van der Waals surface area contributed by atoms with E-state index in [4.69, 9.17) is 5.73 Å². The molecule has 0 aliphatic heterocycles. The predicted molar refractivity (Wildman–Crippen MR) is 80.2 cm³/mol. The van der Waals surface area contributed by atoms with E-state index in [2.05, 4.69) is 5.32 Å². The Hall–Kier alpha value is -2.23. The monoisotopic (exact) mass is 272 g/mol. The molecule has 0 saturated carbocycles. The number of rotatable bonds is 4. The SMILES string of the molecule is CC1=CC(N)=CC(C)C1(CNc1ccccc1)C(=O)O. The van der Waals surface area contributed by atoms with E-state index in [9.17, 15) is 9.90 Å². The molecule has 4 heteroatoms. The summed E-state index contributed by atoms with van der Waals surface area (Å²) in [5.74, 6) is -0.993. The first-order valence-electron chi connectivity index (χ1n) is 6.65. The van der Waals surface area contributed by atoms with Gasteiger partial charge in [-0.15, -0.1) is 0 Å². The quantitative estimate of drug-likeness (QED) is 0.787. The van der Waals surface area contributed by atoms with Crippen LogP contribution in [-0.2, 0) is 4.79 Å². The molecule has 0 spiro atoms. The van der Waals surface area contributed by atoms with Crippen LogP contribution in [0.15, 0.2) is 53.8 Å². The average Bonchev–Trinajstić information content (AvgIpc) is 2.38. The summed E-state index contributed by atoms with van der Waals surface area (Å²) in [6.07, 6.45) is 3.56. The molecule has 2 atom stereocenters. The molecule has 0 aromatic heterocycles. The van der Waals surface area contributed by atoms with Crippen molar-refractivity contribution in [3.63, 3.8) is 0 Å². The van der Waals surface area contributed by atoms with E-state index in [1.807, 2.05) is 50.3 Å². The van der Waals surface area contributed by atoms with Crippen molar-refractivity contribution in [3.05, 3.63) is 53.8 Å². The molecule has 1 aromatic carbocycles. The molecule has 1 aliphatic rings. The van der Waals surface area contributed by atoms with Gasteiger partial charge in [-0.3, -0.25) is 4.79 Å². The second kappa shape index (κ2) is 5.41. The zero-order chi connectivity index (χ0) is 14.8. The van der Waals surface area contributed by atoms with Gasteiger partial charge in [0.1, 0.15) is 5.41 Å². The molecule has 1 aliphatic carbocycles. The van der Waals surface area contributed by atoms with E-state index in [1.54, 1.807) is 6.08 Å². The fourth-order valence-electron chi connectivity index (χ4n) is 2.75. The molecule has 0 bridgehead atoms. The summed E-state index contributed by atoms with van der Waals surface area (Å²) in [5.41, 5.74) is 7.18. The minimum absolute atomic E-state index is 0.166. The Morgan fingerprint density at radius 2 is 2.05 bits per heavy atom. The number of anilines is 1. The number of nitrogens with one attached hydrogen (secondary N) is 1. The highest BCUT2D eigenvalue weighted by molar-refractivity contribution is 5.81. The zero-order valence-corrected chi connectivity index (χ0v) is 11.8. The number of carboxylic acid groups (broad SMARTS) is 1. The average molecular weight is 272 g/mol. The van der Waals surface area contributed by atoms with Crippen molar-refractivity contribution in [2.45, 2.75) is 13.8 Å². The fourth-order valence-corrected chi connectivity index (χ4v) is 2.75. The third-order valence-electron chi connectivity index (χ3n) is 4.03. The highest BCUT2D eigenvalue weighted by Crippen LogP contribution is 2.40. The number of carboxylic acids is 1. The number of hydrogen-bond donors (Lipinski definition) is 3. The van der Waals surface area contributed by atoms with E-state index in [1.165, 1.54) is 0 Å². The summed E-state index contributed by atoms with van der Waals surface area (Å²) in [6.45, 7) is 4.06.